The van der Waals surface area contributed by atoms with E-state index in [9.17, 15) is 0 Å². The number of anilines is 8. The van der Waals surface area contributed by atoms with Crippen LogP contribution in [-0.2, 0) is 16.2 Å². The van der Waals surface area contributed by atoms with E-state index in [4.69, 9.17) is 0 Å². The zero-order valence-electron chi connectivity index (χ0n) is 58.9. The standard InChI is InChI=1S/C94H86BN3Si2/c1-91(2,3)69-46-49-73(50-47-69)97-86-59-48-70(92(4,5)6)64-84(86)95-85-63-68(67-32-16-9-17-33-67)62-83-90(85)98(94(8)61-31-30-60-93(83,94)7)88-66-74(65-87(97)89(88)95)96(71-51-55-81(56-52-71)99(75-34-18-10-19-35-75,76-36-20-11-21-37-76)77-38-22-12-23-39-77)72-53-57-82(58-54-72)100(78-40-24-13-25-41-78,79-42-26-14-27-43-79)80-44-28-15-29-45-80/h9-29,32-59,62-66H,30-31,60-61H2,1-8H3. The van der Waals surface area contributed by atoms with E-state index in [0.717, 1.165) is 35.6 Å². The van der Waals surface area contributed by atoms with Crippen LogP contribution in [-0.4, -0.2) is 28.4 Å². The molecule has 2 unspecified atom stereocenters. The minimum absolute atomic E-state index is 0.0255. The van der Waals surface area contributed by atoms with Gasteiger partial charge in [-0.05, 0) is 177 Å². The lowest BCUT2D eigenvalue weighted by Gasteiger charge is -2.53. The molecule has 13 aromatic rings. The summed E-state index contributed by atoms with van der Waals surface area (Å²) in [6.45, 7) is 19.3. The fraction of sp³-hybridized carbons (Fsp3) is 0.170. The molecule has 0 aromatic heterocycles. The Labute approximate surface area is 595 Å². The van der Waals surface area contributed by atoms with E-state index in [2.05, 4.69) is 398 Å². The average molecular weight is 1320 g/mol. The summed E-state index contributed by atoms with van der Waals surface area (Å²) in [6.07, 6.45) is 4.59. The largest absolute Gasteiger partial charge is 0.335 e. The van der Waals surface area contributed by atoms with Crippen molar-refractivity contribution in [2.45, 2.75) is 103 Å². The normalized spacial score (nSPS) is 16.9. The number of nitrogens with zero attached hydrogens (tertiary/aromatic N) is 3. The number of fused-ring (bicyclic) bond motifs is 7. The molecule has 2 atom stereocenters. The van der Waals surface area contributed by atoms with Crippen molar-refractivity contribution in [3.63, 3.8) is 0 Å². The summed E-state index contributed by atoms with van der Waals surface area (Å²) in [6, 6.07) is 127. The molecule has 3 heterocycles. The molecular formula is C94H86BN3Si2. The quantitative estimate of drug-likeness (QED) is 0.0841. The molecule has 3 nitrogen and oxygen atoms in total. The number of hydrogen-bond donors (Lipinski definition) is 0. The van der Waals surface area contributed by atoms with E-state index in [0.29, 0.717) is 0 Å². The van der Waals surface area contributed by atoms with Crippen LogP contribution in [0.3, 0.4) is 0 Å². The smallest absolute Gasteiger partial charge is 0.252 e. The van der Waals surface area contributed by atoms with Crippen LogP contribution in [0.15, 0.2) is 328 Å². The van der Waals surface area contributed by atoms with E-state index in [1.807, 2.05) is 0 Å². The number of hydrogen-bond acceptors (Lipinski definition) is 3. The van der Waals surface area contributed by atoms with Gasteiger partial charge in [0.25, 0.3) is 6.71 Å². The lowest BCUT2D eigenvalue weighted by atomic mass is 9.33. The van der Waals surface area contributed by atoms with E-state index in [1.165, 1.54) is 121 Å². The Morgan fingerprint density at radius 3 is 1.19 bits per heavy atom. The highest BCUT2D eigenvalue weighted by atomic mass is 28.3. The van der Waals surface area contributed by atoms with Gasteiger partial charge in [0.05, 0.1) is 11.2 Å². The van der Waals surface area contributed by atoms with Gasteiger partial charge in [-0.1, -0.05) is 328 Å². The maximum atomic E-state index is 2.92. The van der Waals surface area contributed by atoms with Crippen molar-refractivity contribution >= 4 is 126 Å². The van der Waals surface area contributed by atoms with Gasteiger partial charge in [0.1, 0.15) is 0 Å². The van der Waals surface area contributed by atoms with Gasteiger partial charge in [-0.15, -0.1) is 0 Å². The first-order valence-electron chi connectivity index (χ1n) is 36.2. The van der Waals surface area contributed by atoms with Crippen molar-refractivity contribution in [1.29, 1.82) is 0 Å². The monoisotopic (exact) mass is 1320 g/mol. The summed E-state index contributed by atoms with van der Waals surface area (Å²) in [5.74, 6) is 0. The fourth-order valence-electron chi connectivity index (χ4n) is 18.4. The highest BCUT2D eigenvalue weighted by Gasteiger charge is 2.62. The molecule has 13 aromatic carbocycles. The van der Waals surface area contributed by atoms with Gasteiger partial charge in [-0.3, -0.25) is 0 Å². The summed E-state index contributed by atoms with van der Waals surface area (Å²) in [7, 11) is -5.83. The molecule has 0 spiro atoms. The Balaban J connectivity index is 0.967. The first kappa shape index (κ1) is 63.2. The van der Waals surface area contributed by atoms with Gasteiger partial charge >= 0.3 is 0 Å². The fourth-order valence-corrected chi connectivity index (χ4v) is 27.9. The molecule has 100 heavy (non-hydrogen) atoms. The average Bonchev–Trinajstić information content (AvgIpc) is 1.45. The van der Waals surface area contributed by atoms with Gasteiger partial charge < -0.3 is 14.7 Å². The second-order valence-corrected chi connectivity index (χ2v) is 38.7. The highest BCUT2D eigenvalue weighted by Crippen LogP contribution is 2.63. The zero-order chi connectivity index (χ0) is 68.2. The van der Waals surface area contributed by atoms with Gasteiger partial charge in [-0.25, -0.2) is 0 Å². The maximum Gasteiger partial charge on any atom is 0.252 e. The first-order chi connectivity index (χ1) is 48.6. The van der Waals surface area contributed by atoms with Crippen molar-refractivity contribution < 1.29 is 0 Å². The second kappa shape index (κ2) is 24.3. The molecule has 488 valence electrons. The molecule has 0 bridgehead atoms. The second-order valence-electron chi connectivity index (χ2n) is 31.1. The van der Waals surface area contributed by atoms with Crippen molar-refractivity contribution in [3.8, 4) is 11.1 Å². The van der Waals surface area contributed by atoms with Crippen LogP contribution in [0.5, 0.6) is 0 Å². The SMILES string of the molecule is CC(C)(C)c1ccc(N2c3ccc(C(C)(C)C)cc3B3c4cc(-c5ccccc5)cc5c4N(c4cc(N(c6ccc([Si](c7ccccc7)(c7ccccc7)c7ccccc7)cc6)c6ccc([Si](c7ccccc7)(c7ccccc7)c7ccccc7)cc6)cc2c43)C2(C)CCCCC52C)cc1. The molecule has 0 amide bonds. The van der Waals surface area contributed by atoms with Crippen LogP contribution in [0.25, 0.3) is 11.1 Å². The Bertz CT molecular complexity index is 4790. The van der Waals surface area contributed by atoms with Gasteiger partial charge in [-0.2, -0.15) is 0 Å². The van der Waals surface area contributed by atoms with Crippen LogP contribution in [0.2, 0.25) is 0 Å². The third-order valence-electron chi connectivity index (χ3n) is 23.6. The predicted molar refractivity (Wildman–Crippen MR) is 433 cm³/mol. The Hall–Kier alpha value is -10.2. The topological polar surface area (TPSA) is 9.72 Å². The number of benzene rings is 13. The molecular weight excluding hydrogens is 1240 g/mol. The van der Waals surface area contributed by atoms with Gasteiger partial charge in [0.15, 0.2) is 16.1 Å². The van der Waals surface area contributed by atoms with Crippen LogP contribution in [0, 0.1) is 0 Å². The summed E-state index contributed by atoms with van der Waals surface area (Å²) in [5.41, 5.74) is 20.0. The van der Waals surface area contributed by atoms with E-state index in [1.54, 1.807) is 0 Å². The van der Waals surface area contributed by atoms with Crippen LogP contribution in [0.1, 0.15) is 97.8 Å². The summed E-state index contributed by atoms with van der Waals surface area (Å²) < 4.78 is 0. The van der Waals surface area contributed by atoms with E-state index >= 15 is 0 Å². The van der Waals surface area contributed by atoms with Gasteiger partial charge in [0, 0.05) is 45.2 Å². The summed E-state index contributed by atoms with van der Waals surface area (Å²) in [4.78, 5) is 8.19. The van der Waals surface area contributed by atoms with Crippen LogP contribution >= 0.6 is 0 Å². The van der Waals surface area contributed by atoms with Crippen LogP contribution in [0.4, 0.5) is 45.5 Å². The molecule has 1 saturated carbocycles. The molecule has 6 heteroatoms. The van der Waals surface area contributed by atoms with Crippen molar-refractivity contribution in [2.75, 3.05) is 14.7 Å². The Kier molecular flexibility index (Phi) is 15.4. The van der Waals surface area contributed by atoms with Crippen molar-refractivity contribution in [1.82, 2.24) is 0 Å². The molecule has 0 saturated heterocycles. The third-order valence-corrected chi connectivity index (χ3v) is 33.2. The molecule has 17 rings (SSSR count). The minimum Gasteiger partial charge on any atom is -0.335 e. The lowest BCUT2D eigenvalue weighted by molar-refractivity contribution is 0.195. The molecule has 0 N–H and O–H groups in total. The lowest BCUT2D eigenvalue weighted by Crippen LogP contribution is -2.74. The summed E-state index contributed by atoms with van der Waals surface area (Å²) >= 11 is 0. The Morgan fingerprint density at radius 1 is 0.350 bits per heavy atom. The molecule has 1 fully saturated rings. The van der Waals surface area contributed by atoms with Crippen LogP contribution < -0.4 is 72.6 Å². The molecule has 3 aliphatic heterocycles. The maximum absolute atomic E-state index is 2.92. The molecule has 0 radical (unpaired) electrons. The highest BCUT2D eigenvalue weighted by molar-refractivity contribution is 7.20. The number of rotatable bonds is 13. The van der Waals surface area contributed by atoms with E-state index < -0.39 is 16.1 Å². The van der Waals surface area contributed by atoms with E-state index in [-0.39, 0.29) is 28.5 Å². The first-order valence-corrected chi connectivity index (χ1v) is 40.2. The van der Waals surface area contributed by atoms with Crippen molar-refractivity contribution in [3.05, 3.63) is 344 Å². The molecule has 4 aliphatic rings. The Morgan fingerprint density at radius 2 is 0.750 bits per heavy atom. The van der Waals surface area contributed by atoms with Gasteiger partial charge in [0.2, 0.25) is 0 Å². The predicted octanol–water partition coefficient (Wildman–Crippen LogP) is 16.5. The summed E-state index contributed by atoms with van der Waals surface area (Å²) in [5, 5.41) is 10.8. The van der Waals surface area contributed by atoms with Crippen molar-refractivity contribution in [2.24, 2.45) is 0 Å². The molecule has 1 aliphatic carbocycles. The zero-order valence-corrected chi connectivity index (χ0v) is 60.9. The third kappa shape index (κ3) is 9.87. The minimum atomic E-state index is -2.92.